The average molecular weight is 378 g/mol. The standard InChI is InChI=1S/C19H26N2O6/c1-24-14-10-13(11-15(25-2)17(14)26-3)18(22)21-8-9-27-16(12-21)19(23)20-6-4-5-7-20/h10-11,16H,4-9,12H2,1-3H3. The molecule has 0 radical (unpaired) electrons. The minimum Gasteiger partial charge on any atom is -0.493 e. The number of nitrogens with zero attached hydrogens (tertiary/aromatic N) is 2. The number of hydrogen-bond acceptors (Lipinski definition) is 6. The highest BCUT2D eigenvalue weighted by atomic mass is 16.5. The molecule has 2 aliphatic heterocycles. The van der Waals surface area contributed by atoms with Gasteiger partial charge in [0, 0.05) is 25.2 Å². The van der Waals surface area contributed by atoms with Crippen molar-refractivity contribution in [2.45, 2.75) is 18.9 Å². The van der Waals surface area contributed by atoms with Crippen LogP contribution in [0.4, 0.5) is 0 Å². The van der Waals surface area contributed by atoms with E-state index in [1.54, 1.807) is 17.0 Å². The van der Waals surface area contributed by atoms with Crippen LogP contribution in [0.2, 0.25) is 0 Å². The summed E-state index contributed by atoms with van der Waals surface area (Å²) in [5.41, 5.74) is 0.416. The van der Waals surface area contributed by atoms with Crippen molar-refractivity contribution in [3.8, 4) is 17.2 Å². The van der Waals surface area contributed by atoms with Crippen molar-refractivity contribution in [1.82, 2.24) is 9.80 Å². The molecule has 3 rings (SSSR count). The van der Waals surface area contributed by atoms with E-state index in [2.05, 4.69) is 0 Å². The Morgan fingerprint density at radius 2 is 1.59 bits per heavy atom. The Morgan fingerprint density at radius 3 is 2.15 bits per heavy atom. The largest absolute Gasteiger partial charge is 0.493 e. The maximum absolute atomic E-state index is 13.0. The third kappa shape index (κ3) is 3.95. The molecular formula is C19H26N2O6. The monoisotopic (exact) mass is 378 g/mol. The Kier molecular flexibility index (Phi) is 6.05. The molecule has 2 fully saturated rings. The molecule has 0 saturated carbocycles. The molecule has 2 saturated heterocycles. The van der Waals surface area contributed by atoms with Crippen LogP contribution in [-0.2, 0) is 9.53 Å². The van der Waals surface area contributed by atoms with Crippen LogP contribution in [0, 0.1) is 0 Å². The quantitative estimate of drug-likeness (QED) is 0.766. The van der Waals surface area contributed by atoms with Crippen molar-refractivity contribution in [2.75, 3.05) is 54.1 Å². The van der Waals surface area contributed by atoms with E-state index >= 15 is 0 Å². The van der Waals surface area contributed by atoms with E-state index in [0.29, 0.717) is 36.0 Å². The molecule has 1 aromatic carbocycles. The highest BCUT2D eigenvalue weighted by Crippen LogP contribution is 2.38. The van der Waals surface area contributed by atoms with Gasteiger partial charge in [0.1, 0.15) is 0 Å². The second-order valence-electron chi connectivity index (χ2n) is 6.56. The minimum absolute atomic E-state index is 0.0325. The lowest BCUT2D eigenvalue weighted by Gasteiger charge is -2.34. The Bertz CT molecular complexity index is 676. The van der Waals surface area contributed by atoms with Crippen LogP contribution in [0.5, 0.6) is 17.2 Å². The van der Waals surface area contributed by atoms with E-state index in [1.807, 2.05) is 4.90 Å². The normalized spacial score (nSPS) is 19.7. The summed E-state index contributed by atoms with van der Waals surface area (Å²) in [6.07, 6.45) is 1.43. The molecule has 27 heavy (non-hydrogen) atoms. The van der Waals surface area contributed by atoms with Gasteiger partial charge in [-0.1, -0.05) is 0 Å². The maximum atomic E-state index is 13.0. The Morgan fingerprint density at radius 1 is 0.963 bits per heavy atom. The number of amides is 2. The van der Waals surface area contributed by atoms with Gasteiger partial charge in [-0.15, -0.1) is 0 Å². The van der Waals surface area contributed by atoms with Gasteiger partial charge in [0.2, 0.25) is 5.75 Å². The average Bonchev–Trinajstić information content (AvgIpc) is 3.26. The summed E-state index contributed by atoms with van der Waals surface area (Å²) in [6, 6.07) is 3.24. The highest BCUT2D eigenvalue weighted by molar-refractivity contribution is 5.96. The third-order valence-corrected chi connectivity index (χ3v) is 4.96. The van der Waals surface area contributed by atoms with Crippen molar-refractivity contribution < 1.29 is 28.5 Å². The number of methoxy groups -OCH3 is 3. The van der Waals surface area contributed by atoms with Crippen LogP contribution in [0.3, 0.4) is 0 Å². The fourth-order valence-corrected chi connectivity index (χ4v) is 3.51. The summed E-state index contributed by atoms with van der Waals surface area (Å²) in [7, 11) is 4.52. The number of carbonyl (C=O) groups excluding carboxylic acids is 2. The molecule has 2 aliphatic rings. The molecule has 2 heterocycles. The molecule has 0 aromatic heterocycles. The molecule has 0 bridgehead atoms. The number of ether oxygens (including phenoxy) is 4. The minimum atomic E-state index is -0.608. The van der Waals surface area contributed by atoms with Gasteiger partial charge < -0.3 is 28.7 Å². The molecule has 0 aliphatic carbocycles. The first kappa shape index (κ1) is 19.3. The van der Waals surface area contributed by atoms with Crippen LogP contribution in [0.25, 0.3) is 0 Å². The van der Waals surface area contributed by atoms with Crippen LogP contribution in [-0.4, -0.2) is 81.8 Å². The topological polar surface area (TPSA) is 77.5 Å². The number of likely N-dealkylation sites (tertiary alicyclic amines) is 1. The molecule has 1 atom stereocenters. The predicted molar refractivity (Wildman–Crippen MR) is 97.6 cm³/mol. The van der Waals surface area contributed by atoms with Gasteiger partial charge in [0.05, 0.1) is 34.5 Å². The van der Waals surface area contributed by atoms with E-state index in [9.17, 15) is 9.59 Å². The predicted octanol–water partition coefficient (Wildman–Crippen LogP) is 1.18. The van der Waals surface area contributed by atoms with Crippen molar-refractivity contribution in [3.63, 3.8) is 0 Å². The number of benzene rings is 1. The molecule has 1 unspecified atom stereocenters. The first-order chi connectivity index (χ1) is 13.1. The number of rotatable bonds is 5. The smallest absolute Gasteiger partial charge is 0.254 e. The Hall–Kier alpha value is -2.48. The first-order valence-corrected chi connectivity index (χ1v) is 9.08. The number of morpholine rings is 1. The lowest BCUT2D eigenvalue weighted by Crippen LogP contribution is -2.52. The van der Waals surface area contributed by atoms with Gasteiger partial charge in [-0.25, -0.2) is 0 Å². The van der Waals surface area contributed by atoms with Crippen molar-refractivity contribution in [2.24, 2.45) is 0 Å². The van der Waals surface area contributed by atoms with Crippen molar-refractivity contribution in [1.29, 1.82) is 0 Å². The van der Waals surface area contributed by atoms with Gasteiger partial charge in [-0.3, -0.25) is 9.59 Å². The second-order valence-corrected chi connectivity index (χ2v) is 6.56. The lowest BCUT2D eigenvalue weighted by molar-refractivity contribution is -0.147. The number of carbonyl (C=O) groups is 2. The van der Waals surface area contributed by atoms with Crippen LogP contribution in [0.15, 0.2) is 12.1 Å². The van der Waals surface area contributed by atoms with Crippen LogP contribution in [0.1, 0.15) is 23.2 Å². The van der Waals surface area contributed by atoms with Gasteiger partial charge in [0.25, 0.3) is 11.8 Å². The van der Waals surface area contributed by atoms with Gasteiger partial charge in [0.15, 0.2) is 17.6 Å². The molecule has 0 spiro atoms. The molecule has 2 amide bonds. The third-order valence-electron chi connectivity index (χ3n) is 4.96. The first-order valence-electron chi connectivity index (χ1n) is 9.08. The van der Waals surface area contributed by atoms with E-state index < -0.39 is 6.10 Å². The molecule has 8 nitrogen and oxygen atoms in total. The van der Waals surface area contributed by atoms with Crippen LogP contribution >= 0.6 is 0 Å². The zero-order valence-corrected chi connectivity index (χ0v) is 16.0. The van der Waals surface area contributed by atoms with Crippen LogP contribution < -0.4 is 14.2 Å². The SMILES string of the molecule is COc1cc(C(=O)N2CCOC(C(=O)N3CCCC3)C2)cc(OC)c1OC. The van der Waals surface area contributed by atoms with Crippen molar-refractivity contribution in [3.05, 3.63) is 17.7 Å². The Labute approximate surface area is 158 Å². The fourth-order valence-electron chi connectivity index (χ4n) is 3.51. The van der Waals surface area contributed by atoms with Gasteiger partial charge in [-0.2, -0.15) is 0 Å². The van der Waals surface area contributed by atoms with Gasteiger partial charge >= 0.3 is 0 Å². The molecule has 148 valence electrons. The zero-order valence-electron chi connectivity index (χ0n) is 16.0. The molecular weight excluding hydrogens is 352 g/mol. The summed E-state index contributed by atoms with van der Waals surface area (Å²) in [5, 5.41) is 0. The zero-order chi connectivity index (χ0) is 19.4. The van der Waals surface area contributed by atoms with E-state index in [1.165, 1.54) is 21.3 Å². The molecule has 0 N–H and O–H groups in total. The maximum Gasteiger partial charge on any atom is 0.254 e. The number of hydrogen-bond donors (Lipinski definition) is 0. The van der Waals surface area contributed by atoms with E-state index in [4.69, 9.17) is 18.9 Å². The second kappa shape index (κ2) is 8.47. The summed E-state index contributed by atoms with van der Waals surface area (Å²) in [5.74, 6) is 1.03. The summed E-state index contributed by atoms with van der Waals surface area (Å²) in [4.78, 5) is 29.1. The summed E-state index contributed by atoms with van der Waals surface area (Å²) in [6.45, 7) is 2.53. The molecule has 8 heteroatoms. The fraction of sp³-hybridized carbons (Fsp3) is 0.579. The van der Waals surface area contributed by atoms with E-state index in [0.717, 1.165) is 25.9 Å². The summed E-state index contributed by atoms with van der Waals surface area (Å²) < 4.78 is 21.6. The van der Waals surface area contributed by atoms with E-state index in [-0.39, 0.29) is 18.4 Å². The molecule has 1 aromatic rings. The summed E-state index contributed by atoms with van der Waals surface area (Å²) >= 11 is 0. The van der Waals surface area contributed by atoms with Crippen molar-refractivity contribution >= 4 is 11.8 Å². The highest BCUT2D eigenvalue weighted by Gasteiger charge is 2.33. The van der Waals surface area contributed by atoms with Gasteiger partial charge in [-0.05, 0) is 25.0 Å². The Balaban J connectivity index is 1.77. The lowest BCUT2D eigenvalue weighted by atomic mass is 10.1.